The molecule has 0 aliphatic rings. The lowest BCUT2D eigenvalue weighted by atomic mass is 10.2. The summed E-state index contributed by atoms with van der Waals surface area (Å²) >= 11 is 0. The van der Waals surface area contributed by atoms with Gasteiger partial charge in [0.2, 0.25) is 0 Å². The van der Waals surface area contributed by atoms with Crippen molar-refractivity contribution in [2.45, 2.75) is 12.5 Å². The minimum absolute atomic E-state index is 0.172. The highest BCUT2D eigenvalue weighted by atomic mass is 16.5. The fourth-order valence-electron chi connectivity index (χ4n) is 1.18. The number of aromatic nitrogens is 2. The van der Waals surface area contributed by atoms with E-state index < -0.39 is 11.8 Å². The molecule has 1 unspecified atom stereocenters. The molecule has 0 spiro atoms. The van der Waals surface area contributed by atoms with Crippen molar-refractivity contribution < 1.29 is 14.6 Å². The Hall–Kier alpha value is -1.60. The van der Waals surface area contributed by atoms with Gasteiger partial charge in [0.1, 0.15) is 5.69 Å². The van der Waals surface area contributed by atoms with Crippen molar-refractivity contribution in [3.8, 4) is 0 Å². The number of rotatable bonds is 6. The van der Waals surface area contributed by atoms with Crippen molar-refractivity contribution in [2.24, 2.45) is 0 Å². The molecule has 1 aromatic rings. The maximum atomic E-state index is 11.4. The van der Waals surface area contributed by atoms with E-state index in [2.05, 4.69) is 15.3 Å². The number of H-pyrrole nitrogens is 2. The summed E-state index contributed by atoms with van der Waals surface area (Å²) in [5, 5.41) is 11.9. The highest BCUT2D eigenvalue weighted by molar-refractivity contribution is 5.91. The van der Waals surface area contributed by atoms with Crippen LogP contribution in [0.4, 0.5) is 0 Å². The molecule has 1 rings (SSSR count). The van der Waals surface area contributed by atoms with Gasteiger partial charge in [-0.2, -0.15) is 0 Å². The number of methoxy groups -OCH3 is 1. The van der Waals surface area contributed by atoms with E-state index in [1.54, 1.807) is 0 Å². The van der Waals surface area contributed by atoms with Crippen molar-refractivity contribution in [2.75, 3.05) is 20.3 Å². The highest BCUT2D eigenvalue weighted by Crippen LogP contribution is 1.92. The largest absolute Gasteiger partial charge is 0.391 e. The second-order valence-corrected chi connectivity index (χ2v) is 3.31. The number of carbonyl (C=O) groups excluding carboxylic acids is 1. The van der Waals surface area contributed by atoms with Crippen LogP contribution in [0.25, 0.3) is 0 Å². The number of aromatic amines is 2. The van der Waals surface area contributed by atoms with E-state index in [0.29, 0.717) is 13.0 Å². The number of amides is 1. The van der Waals surface area contributed by atoms with Crippen molar-refractivity contribution >= 4 is 5.91 Å². The molecule has 0 saturated carbocycles. The zero-order valence-corrected chi connectivity index (χ0v) is 8.95. The predicted molar refractivity (Wildman–Crippen MR) is 56.2 cm³/mol. The van der Waals surface area contributed by atoms with Gasteiger partial charge in [0.05, 0.1) is 12.7 Å². The molecule has 0 saturated heterocycles. The van der Waals surface area contributed by atoms with Crippen LogP contribution >= 0.6 is 0 Å². The van der Waals surface area contributed by atoms with Crippen LogP contribution in [0, 0.1) is 0 Å². The maximum absolute atomic E-state index is 11.4. The van der Waals surface area contributed by atoms with Crippen molar-refractivity contribution in [3.63, 3.8) is 0 Å². The van der Waals surface area contributed by atoms with Crippen LogP contribution in [0.1, 0.15) is 16.9 Å². The third kappa shape index (κ3) is 3.87. The number of aliphatic hydroxyl groups excluding tert-OH is 1. The summed E-state index contributed by atoms with van der Waals surface area (Å²) in [4.78, 5) is 26.8. The van der Waals surface area contributed by atoms with Gasteiger partial charge in [0.15, 0.2) is 0 Å². The van der Waals surface area contributed by atoms with E-state index in [0.717, 1.165) is 0 Å². The van der Waals surface area contributed by atoms with Gasteiger partial charge >= 0.3 is 5.69 Å². The summed E-state index contributed by atoms with van der Waals surface area (Å²) in [6, 6.07) is 0. The summed E-state index contributed by atoms with van der Waals surface area (Å²) in [5.74, 6) is -0.386. The van der Waals surface area contributed by atoms with E-state index in [1.165, 1.54) is 13.3 Å². The number of carbonyl (C=O) groups is 1. The molecular formula is C9H15N3O4. The maximum Gasteiger partial charge on any atom is 0.323 e. The highest BCUT2D eigenvalue weighted by Gasteiger charge is 2.08. The second-order valence-electron chi connectivity index (χ2n) is 3.31. The Kier molecular flexibility index (Phi) is 4.74. The molecule has 7 nitrogen and oxygen atoms in total. The molecule has 1 atom stereocenters. The van der Waals surface area contributed by atoms with Crippen LogP contribution in [0.3, 0.4) is 0 Å². The molecule has 1 heterocycles. The van der Waals surface area contributed by atoms with Crippen LogP contribution in [0.15, 0.2) is 11.0 Å². The lowest BCUT2D eigenvalue weighted by Gasteiger charge is -2.09. The first-order valence-electron chi connectivity index (χ1n) is 4.86. The Morgan fingerprint density at radius 1 is 1.69 bits per heavy atom. The van der Waals surface area contributed by atoms with Crippen LogP contribution < -0.4 is 11.0 Å². The number of imidazole rings is 1. The smallest absolute Gasteiger partial charge is 0.323 e. The fraction of sp³-hybridized carbons (Fsp3) is 0.556. The topological polar surface area (TPSA) is 107 Å². The van der Waals surface area contributed by atoms with Gasteiger partial charge in [-0.15, -0.1) is 0 Å². The van der Waals surface area contributed by atoms with Crippen LogP contribution in [-0.2, 0) is 4.74 Å². The second kappa shape index (κ2) is 6.09. The minimum atomic E-state index is -0.601. The van der Waals surface area contributed by atoms with Gasteiger partial charge in [-0.1, -0.05) is 0 Å². The normalized spacial score (nSPS) is 12.4. The number of hydrogen-bond acceptors (Lipinski definition) is 4. The van der Waals surface area contributed by atoms with Gasteiger partial charge in [-0.3, -0.25) is 4.79 Å². The van der Waals surface area contributed by atoms with E-state index in [4.69, 9.17) is 4.74 Å². The Bertz CT molecular complexity index is 384. The number of aliphatic hydroxyl groups is 1. The van der Waals surface area contributed by atoms with Crippen LogP contribution in [-0.4, -0.2) is 47.3 Å². The van der Waals surface area contributed by atoms with Gasteiger partial charge in [0.25, 0.3) is 5.91 Å². The standard InChI is InChI=1S/C9H15N3O4/c1-16-5-6(13)2-3-10-8(14)7-4-11-9(15)12-7/h4,6,13H,2-3,5H2,1H3,(H,10,14)(H2,11,12,15). The van der Waals surface area contributed by atoms with Gasteiger partial charge in [-0.25, -0.2) is 4.79 Å². The molecule has 0 aliphatic heterocycles. The molecule has 1 aromatic heterocycles. The van der Waals surface area contributed by atoms with Crippen LogP contribution in [0.5, 0.6) is 0 Å². The van der Waals surface area contributed by atoms with Crippen LogP contribution in [0.2, 0.25) is 0 Å². The van der Waals surface area contributed by atoms with E-state index >= 15 is 0 Å². The Morgan fingerprint density at radius 3 is 3.00 bits per heavy atom. The third-order valence-electron chi connectivity index (χ3n) is 1.96. The Labute approximate surface area is 91.8 Å². The summed E-state index contributed by atoms with van der Waals surface area (Å²) < 4.78 is 4.73. The molecule has 0 aliphatic carbocycles. The lowest BCUT2D eigenvalue weighted by molar-refractivity contribution is 0.0587. The van der Waals surface area contributed by atoms with Crippen molar-refractivity contribution in [1.82, 2.24) is 15.3 Å². The summed E-state index contributed by atoms with van der Waals surface area (Å²) in [5.41, 5.74) is -0.254. The monoisotopic (exact) mass is 229 g/mol. The number of hydrogen-bond donors (Lipinski definition) is 4. The minimum Gasteiger partial charge on any atom is -0.391 e. The molecule has 0 aromatic carbocycles. The number of ether oxygens (including phenoxy) is 1. The molecule has 16 heavy (non-hydrogen) atoms. The molecule has 90 valence electrons. The van der Waals surface area contributed by atoms with Gasteiger partial charge < -0.3 is 25.1 Å². The average Bonchev–Trinajstić information content (AvgIpc) is 2.65. The van der Waals surface area contributed by atoms with Crippen molar-refractivity contribution in [1.29, 1.82) is 0 Å². The SMILES string of the molecule is COCC(O)CCNC(=O)c1c[nH]c(=O)[nH]1. The summed E-state index contributed by atoms with van der Waals surface area (Å²) in [6.07, 6.45) is 1.09. The summed E-state index contributed by atoms with van der Waals surface area (Å²) in [6.45, 7) is 0.549. The zero-order valence-electron chi connectivity index (χ0n) is 8.95. The first kappa shape index (κ1) is 12.5. The molecule has 4 N–H and O–H groups in total. The van der Waals surface area contributed by atoms with E-state index in [9.17, 15) is 14.7 Å². The fourth-order valence-corrected chi connectivity index (χ4v) is 1.18. The molecule has 0 bridgehead atoms. The summed E-state index contributed by atoms with van der Waals surface area (Å²) in [7, 11) is 1.49. The third-order valence-corrected chi connectivity index (χ3v) is 1.96. The molecule has 1 amide bonds. The number of nitrogens with one attached hydrogen (secondary N) is 3. The molecule has 0 fully saturated rings. The molecular weight excluding hydrogens is 214 g/mol. The zero-order chi connectivity index (χ0) is 12.0. The first-order chi connectivity index (χ1) is 7.63. The van der Waals surface area contributed by atoms with E-state index in [1.807, 2.05) is 0 Å². The van der Waals surface area contributed by atoms with Gasteiger partial charge in [0, 0.05) is 19.9 Å². The van der Waals surface area contributed by atoms with Crippen molar-refractivity contribution in [3.05, 3.63) is 22.4 Å². The Morgan fingerprint density at radius 2 is 2.44 bits per heavy atom. The average molecular weight is 229 g/mol. The first-order valence-corrected chi connectivity index (χ1v) is 4.86. The molecule has 7 heteroatoms. The lowest BCUT2D eigenvalue weighted by Crippen LogP contribution is -2.29. The van der Waals surface area contributed by atoms with Gasteiger partial charge in [-0.05, 0) is 6.42 Å². The molecule has 0 radical (unpaired) electrons. The quantitative estimate of drug-likeness (QED) is 0.493. The van der Waals surface area contributed by atoms with E-state index in [-0.39, 0.29) is 18.2 Å². The predicted octanol–water partition coefficient (Wildman–Crippen LogP) is -1.17. The Balaban J connectivity index is 2.28.